The molecule has 2 heterocycles. The number of hydrogen-bond donors (Lipinski definition) is 3. The zero-order valence-corrected chi connectivity index (χ0v) is 11.3. The van der Waals surface area contributed by atoms with Gasteiger partial charge in [0.05, 0.1) is 0 Å². The summed E-state index contributed by atoms with van der Waals surface area (Å²) in [5.41, 5.74) is 8.78. The van der Waals surface area contributed by atoms with Crippen molar-refractivity contribution >= 4 is 16.9 Å². The molecule has 5 nitrogen and oxygen atoms in total. The zero-order chi connectivity index (χ0) is 13.9. The molecule has 20 heavy (non-hydrogen) atoms. The summed E-state index contributed by atoms with van der Waals surface area (Å²) >= 11 is 0. The van der Waals surface area contributed by atoms with Crippen LogP contribution in [0.15, 0.2) is 42.9 Å². The fraction of sp³-hybridized carbons (Fsp3) is 0.200. The fourth-order valence-corrected chi connectivity index (χ4v) is 2.13. The first-order chi connectivity index (χ1) is 9.78. The molecule has 5 heteroatoms. The number of aromatic nitrogens is 3. The summed E-state index contributed by atoms with van der Waals surface area (Å²) in [6, 6.07) is 8.34. The molecule has 0 aliphatic carbocycles. The van der Waals surface area contributed by atoms with Crippen LogP contribution in [0.2, 0.25) is 0 Å². The van der Waals surface area contributed by atoms with E-state index < -0.39 is 0 Å². The summed E-state index contributed by atoms with van der Waals surface area (Å²) in [7, 11) is 0. The largest absolute Gasteiger partial charge is 0.361 e. The lowest BCUT2D eigenvalue weighted by Crippen LogP contribution is -2.26. The zero-order valence-electron chi connectivity index (χ0n) is 11.3. The normalized spacial score (nSPS) is 12.5. The van der Waals surface area contributed by atoms with E-state index in [-0.39, 0.29) is 6.04 Å². The maximum absolute atomic E-state index is 5.57. The summed E-state index contributed by atoms with van der Waals surface area (Å²) in [5.74, 6) is 0.603. The molecule has 0 amide bonds. The first-order valence-corrected chi connectivity index (χ1v) is 6.63. The van der Waals surface area contributed by atoms with E-state index in [9.17, 15) is 0 Å². The third kappa shape index (κ3) is 2.35. The molecule has 0 bridgehead atoms. The van der Waals surface area contributed by atoms with E-state index in [1.54, 1.807) is 0 Å². The molecule has 0 aliphatic rings. The fourth-order valence-electron chi connectivity index (χ4n) is 2.13. The van der Waals surface area contributed by atoms with E-state index in [0.717, 1.165) is 16.6 Å². The van der Waals surface area contributed by atoms with E-state index in [1.807, 2.05) is 37.6 Å². The molecular weight excluding hydrogens is 250 g/mol. The maximum atomic E-state index is 5.57. The van der Waals surface area contributed by atoms with Crippen LogP contribution in [0.5, 0.6) is 0 Å². The Kier molecular flexibility index (Phi) is 3.35. The summed E-state index contributed by atoms with van der Waals surface area (Å²) in [6.07, 6.45) is 5.64. The topological polar surface area (TPSA) is 79.6 Å². The third-order valence-corrected chi connectivity index (χ3v) is 3.28. The SMILES string of the molecule is CC(CN)Nc1ncc(-c2c[nH]c3ccccc23)cn1. The molecule has 4 N–H and O–H groups in total. The van der Waals surface area contributed by atoms with Gasteiger partial charge in [-0.1, -0.05) is 18.2 Å². The van der Waals surface area contributed by atoms with Gasteiger partial charge in [-0.2, -0.15) is 0 Å². The summed E-state index contributed by atoms with van der Waals surface area (Å²) in [6.45, 7) is 2.55. The average Bonchev–Trinajstić information content (AvgIpc) is 2.92. The van der Waals surface area contributed by atoms with Crippen LogP contribution in [0.25, 0.3) is 22.0 Å². The molecule has 3 aromatic rings. The number of nitrogens with two attached hydrogens (primary N) is 1. The highest BCUT2D eigenvalue weighted by Crippen LogP contribution is 2.27. The molecule has 1 aromatic carbocycles. The number of benzene rings is 1. The Labute approximate surface area is 117 Å². The van der Waals surface area contributed by atoms with Gasteiger partial charge in [0.1, 0.15) is 0 Å². The molecule has 0 aliphatic heterocycles. The van der Waals surface area contributed by atoms with Crippen molar-refractivity contribution in [3.05, 3.63) is 42.9 Å². The first kappa shape index (κ1) is 12.6. The molecule has 0 saturated heterocycles. The van der Waals surface area contributed by atoms with Gasteiger partial charge < -0.3 is 16.0 Å². The Morgan fingerprint density at radius 1 is 1.25 bits per heavy atom. The number of fused-ring (bicyclic) bond motifs is 1. The van der Waals surface area contributed by atoms with Gasteiger partial charge in [-0.25, -0.2) is 9.97 Å². The Hall–Kier alpha value is -2.40. The van der Waals surface area contributed by atoms with Crippen molar-refractivity contribution in [2.75, 3.05) is 11.9 Å². The van der Waals surface area contributed by atoms with Crippen molar-refractivity contribution in [1.82, 2.24) is 15.0 Å². The minimum absolute atomic E-state index is 0.161. The van der Waals surface area contributed by atoms with E-state index in [1.165, 1.54) is 5.39 Å². The second-order valence-corrected chi connectivity index (χ2v) is 4.82. The molecule has 0 radical (unpaired) electrons. The Balaban J connectivity index is 1.91. The molecule has 1 atom stereocenters. The standard InChI is InChI=1S/C15H17N5/c1-10(6-16)20-15-18-7-11(8-19-15)13-9-17-14-5-3-2-4-12(13)14/h2-5,7-10,17H,6,16H2,1H3,(H,18,19,20). The van der Waals surface area contributed by atoms with Crippen molar-refractivity contribution in [3.63, 3.8) is 0 Å². The van der Waals surface area contributed by atoms with Gasteiger partial charge >= 0.3 is 0 Å². The predicted molar refractivity (Wildman–Crippen MR) is 81.5 cm³/mol. The van der Waals surface area contributed by atoms with Crippen LogP contribution < -0.4 is 11.1 Å². The smallest absolute Gasteiger partial charge is 0.222 e. The van der Waals surface area contributed by atoms with Gasteiger partial charge in [0.2, 0.25) is 5.95 Å². The number of aromatic amines is 1. The molecule has 0 saturated carbocycles. The molecule has 1 unspecified atom stereocenters. The van der Waals surface area contributed by atoms with Crippen molar-refractivity contribution < 1.29 is 0 Å². The predicted octanol–water partition coefficient (Wildman–Crippen LogP) is 2.38. The second kappa shape index (κ2) is 5.30. The number of H-pyrrole nitrogens is 1. The highest BCUT2D eigenvalue weighted by molar-refractivity contribution is 5.95. The summed E-state index contributed by atoms with van der Waals surface area (Å²) in [5, 5.41) is 4.32. The first-order valence-electron chi connectivity index (χ1n) is 6.63. The monoisotopic (exact) mass is 267 g/mol. The van der Waals surface area contributed by atoms with Crippen LogP contribution in [0.4, 0.5) is 5.95 Å². The van der Waals surface area contributed by atoms with Crippen molar-refractivity contribution in [2.24, 2.45) is 5.73 Å². The molecule has 0 spiro atoms. The minimum Gasteiger partial charge on any atom is -0.361 e. The Morgan fingerprint density at radius 2 is 2.00 bits per heavy atom. The van der Waals surface area contributed by atoms with E-state index in [0.29, 0.717) is 12.5 Å². The quantitative estimate of drug-likeness (QED) is 0.678. The van der Waals surface area contributed by atoms with Crippen LogP contribution in [0.3, 0.4) is 0 Å². The molecular formula is C15H17N5. The second-order valence-electron chi connectivity index (χ2n) is 4.82. The summed E-state index contributed by atoms with van der Waals surface area (Å²) in [4.78, 5) is 11.9. The lowest BCUT2D eigenvalue weighted by atomic mass is 10.1. The van der Waals surface area contributed by atoms with Gasteiger partial charge in [0, 0.05) is 53.2 Å². The number of rotatable bonds is 4. The van der Waals surface area contributed by atoms with E-state index in [4.69, 9.17) is 5.73 Å². The number of anilines is 1. The number of hydrogen-bond acceptors (Lipinski definition) is 4. The lowest BCUT2D eigenvalue weighted by Gasteiger charge is -2.10. The molecule has 102 valence electrons. The van der Waals surface area contributed by atoms with E-state index in [2.05, 4.69) is 32.4 Å². The van der Waals surface area contributed by atoms with Gasteiger partial charge in [-0.15, -0.1) is 0 Å². The minimum atomic E-state index is 0.161. The van der Waals surface area contributed by atoms with Gasteiger partial charge in [0.15, 0.2) is 0 Å². The molecule has 2 aromatic heterocycles. The number of nitrogens with one attached hydrogen (secondary N) is 2. The highest BCUT2D eigenvalue weighted by Gasteiger charge is 2.07. The van der Waals surface area contributed by atoms with Crippen molar-refractivity contribution in [3.8, 4) is 11.1 Å². The number of nitrogens with zero attached hydrogens (tertiary/aromatic N) is 2. The third-order valence-electron chi connectivity index (χ3n) is 3.28. The maximum Gasteiger partial charge on any atom is 0.222 e. The van der Waals surface area contributed by atoms with Crippen molar-refractivity contribution in [1.29, 1.82) is 0 Å². The average molecular weight is 267 g/mol. The van der Waals surface area contributed by atoms with Gasteiger partial charge in [-0.3, -0.25) is 0 Å². The van der Waals surface area contributed by atoms with Gasteiger partial charge in [-0.05, 0) is 13.0 Å². The van der Waals surface area contributed by atoms with Crippen LogP contribution in [0, 0.1) is 0 Å². The Morgan fingerprint density at radius 3 is 2.75 bits per heavy atom. The molecule has 3 rings (SSSR count). The van der Waals surface area contributed by atoms with E-state index >= 15 is 0 Å². The van der Waals surface area contributed by atoms with Crippen LogP contribution in [-0.4, -0.2) is 27.5 Å². The lowest BCUT2D eigenvalue weighted by molar-refractivity contribution is 0.790. The molecule has 0 fully saturated rings. The van der Waals surface area contributed by atoms with Crippen molar-refractivity contribution in [2.45, 2.75) is 13.0 Å². The van der Waals surface area contributed by atoms with Crippen LogP contribution in [0.1, 0.15) is 6.92 Å². The number of para-hydroxylation sites is 1. The summed E-state index contributed by atoms with van der Waals surface area (Å²) < 4.78 is 0. The van der Waals surface area contributed by atoms with Gasteiger partial charge in [0.25, 0.3) is 0 Å². The van der Waals surface area contributed by atoms with Crippen LogP contribution in [-0.2, 0) is 0 Å². The Bertz CT molecular complexity index is 702. The highest BCUT2D eigenvalue weighted by atomic mass is 15.1. The van der Waals surface area contributed by atoms with Crippen LogP contribution >= 0.6 is 0 Å².